The summed E-state index contributed by atoms with van der Waals surface area (Å²) in [6.07, 6.45) is 15.3. The van der Waals surface area contributed by atoms with Crippen LogP contribution in [0.3, 0.4) is 0 Å². The molecule has 3 rings (SSSR count). The molecule has 0 amide bonds. The molecule has 0 heterocycles. The van der Waals surface area contributed by atoms with Crippen molar-refractivity contribution in [2.45, 2.75) is 78.1 Å². The first-order valence-electron chi connectivity index (χ1n) is 7.63. The summed E-state index contributed by atoms with van der Waals surface area (Å²) in [5.74, 6) is 2.20. The number of fused-ring (bicyclic) bond motifs is 2. The van der Waals surface area contributed by atoms with E-state index in [4.69, 9.17) is 0 Å². The van der Waals surface area contributed by atoms with Crippen molar-refractivity contribution < 1.29 is 0 Å². The highest BCUT2D eigenvalue weighted by atomic mass is 14.6. The first kappa shape index (κ1) is 11.1. The molecule has 0 aromatic carbocycles. The van der Waals surface area contributed by atoms with E-state index >= 15 is 0 Å². The third-order valence-electron chi connectivity index (χ3n) is 6.66. The summed E-state index contributed by atoms with van der Waals surface area (Å²) >= 11 is 0. The van der Waals surface area contributed by atoms with E-state index < -0.39 is 0 Å². The van der Waals surface area contributed by atoms with Crippen molar-refractivity contribution in [1.29, 1.82) is 0 Å². The Labute approximate surface area is 101 Å². The molecule has 0 bridgehead atoms. The molecule has 16 heavy (non-hydrogen) atoms. The van der Waals surface area contributed by atoms with Gasteiger partial charge in [-0.15, -0.1) is 0 Å². The number of hydrogen-bond donors (Lipinski definition) is 0. The van der Waals surface area contributed by atoms with E-state index in [9.17, 15) is 0 Å². The van der Waals surface area contributed by atoms with Gasteiger partial charge in [0.25, 0.3) is 0 Å². The molecule has 0 heteroatoms. The monoisotopic (exact) mass is 220 g/mol. The molecule has 0 spiro atoms. The van der Waals surface area contributed by atoms with Gasteiger partial charge >= 0.3 is 0 Å². The third kappa shape index (κ3) is 1.56. The van der Waals surface area contributed by atoms with Crippen LogP contribution in [0.5, 0.6) is 0 Å². The summed E-state index contributed by atoms with van der Waals surface area (Å²) < 4.78 is 0. The standard InChI is InChI=1S/C16H28/c1-15-9-5-6-10-16(15,2)12-14-8-4-3-7-13(14)11-15/h13-14H,3-12H2,1-2H3. The molecule has 3 fully saturated rings. The van der Waals surface area contributed by atoms with Crippen LogP contribution >= 0.6 is 0 Å². The Morgan fingerprint density at radius 1 is 0.688 bits per heavy atom. The van der Waals surface area contributed by atoms with Crippen molar-refractivity contribution in [2.24, 2.45) is 22.7 Å². The number of hydrogen-bond acceptors (Lipinski definition) is 0. The molecular formula is C16H28. The molecule has 4 atom stereocenters. The molecule has 0 aliphatic heterocycles. The van der Waals surface area contributed by atoms with E-state index in [1.54, 1.807) is 25.7 Å². The molecule has 0 saturated heterocycles. The first-order chi connectivity index (χ1) is 7.63. The molecule has 0 aromatic rings. The molecule has 0 nitrogen and oxygen atoms in total. The Bertz CT molecular complexity index is 241. The average Bonchev–Trinajstić information content (AvgIpc) is 2.26. The summed E-state index contributed by atoms with van der Waals surface area (Å²) in [6, 6.07) is 0. The van der Waals surface area contributed by atoms with Crippen LogP contribution in [-0.2, 0) is 0 Å². The van der Waals surface area contributed by atoms with Crippen molar-refractivity contribution in [3.8, 4) is 0 Å². The van der Waals surface area contributed by atoms with Crippen molar-refractivity contribution in [2.75, 3.05) is 0 Å². The fourth-order valence-electron chi connectivity index (χ4n) is 5.31. The van der Waals surface area contributed by atoms with Gasteiger partial charge in [-0.25, -0.2) is 0 Å². The van der Waals surface area contributed by atoms with Crippen molar-refractivity contribution >= 4 is 0 Å². The zero-order valence-corrected chi connectivity index (χ0v) is 11.2. The van der Waals surface area contributed by atoms with Gasteiger partial charge < -0.3 is 0 Å². The normalized spacial score (nSPS) is 52.9. The van der Waals surface area contributed by atoms with Crippen molar-refractivity contribution in [3.05, 3.63) is 0 Å². The highest BCUT2D eigenvalue weighted by Gasteiger charge is 2.52. The van der Waals surface area contributed by atoms with E-state index in [-0.39, 0.29) is 0 Å². The van der Waals surface area contributed by atoms with Crippen LogP contribution < -0.4 is 0 Å². The zero-order chi connectivity index (χ0) is 11.2. The molecular weight excluding hydrogens is 192 g/mol. The highest BCUT2D eigenvalue weighted by Crippen LogP contribution is 2.63. The smallest absolute Gasteiger partial charge is 0.0269 e. The summed E-state index contributed by atoms with van der Waals surface area (Å²) in [7, 11) is 0. The van der Waals surface area contributed by atoms with Crippen LogP contribution in [0, 0.1) is 22.7 Å². The van der Waals surface area contributed by atoms with Gasteiger partial charge in [0.1, 0.15) is 0 Å². The van der Waals surface area contributed by atoms with Crippen LogP contribution in [0.4, 0.5) is 0 Å². The maximum Gasteiger partial charge on any atom is -0.0269 e. The van der Waals surface area contributed by atoms with Gasteiger partial charge in [0, 0.05) is 0 Å². The van der Waals surface area contributed by atoms with Crippen molar-refractivity contribution in [3.63, 3.8) is 0 Å². The van der Waals surface area contributed by atoms with E-state index in [0.29, 0.717) is 10.8 Å². The second-order valence-corrected chi connectivity index (χ2v) is 7.54. The molecule has 4 unspecified atom stereocenters. The maximum atomic E-state index is 2.62. The summed E-state index contributed by atoms with van der Waals surface area (Å²) in [4.78, 5) is 0. The molecule has 3 saturated carbocycles. The lowest BCUT2D eigenvalue weighted by Crippen LogP contribution is -2.49. The van der Waals surface area contributed by atoms with Gasteiger partial charge in [-0.05, 0) is 48.3 Å². The summed E-state index contributed by atoms with van der Waals surface area (Å²) in [5, 5.41) is 0. The minimum absolute atomic E-state index is 0.698. The first-order valence-corrected chi connectivity index (χ1v) is 7.63. The fourth-order valence-corrected chi connectivity index (χ4v) is 5.31. The van der Waals surface area contributed by atoms with Crippen LogP contribution in [0.2, 0.25) is 0 Å². The third-order valence-corrected chi connectivity index (χ3v) is 6.66. The van der Waals surface area contributed by atoms with Crippen LogP contribution in [0.15, 0.2) is 0 Å². The van der Waals surface area contributed by atoms with E-state index in [1.807, 2.05) is 0 Å². The van der Waals surface area contributed by atoms with Gasteiger partial charge in [0.2, 0.25) is 0 Å². The van der Waals surface area contributed by atoms with Gasteiger partial charge in [-0.1, -0.05) is 52.4 Å². The van der Waals surface area contributed by atoms with E-state index in [2.05, 4.69) is 13.8 Å². The lowest BCUT2D eigenvalue weighted by Gasteiger charge is -2.59. The molecule has 3 aliphatic carbocycles. The second kappa shape index (κ2) is 3.75. The molecule has 0 N–H and O–H groups in total. The minimum Gasteiger partial charge on any atom is -0.0591 e. The maximum absolute atomic E-state index is 2.62. The lowest BCUT2D eigenvalue weighted by atomic mass is 9.46. The Kier molecular flexibility index (Phi) is 2.60. The predicted molar refractivity (Wildman–Crippen MR) is 69.4 cm³/mol. The largest absolute Gasteiger partial charge is 0.0591 e. The van der Waals surface area contributed by atoms with Crippen LogP contribution in [-0.4, -0.2) is 0 Å². The average molecular weight is 220 g/mol. The van der Waals surface area contributed by atoms with Crippen LogP contribution in [0.25, 0.3) is 0 Å². The van der Waals surface area contributed by atoms with Gasteiger partial charge in [0.15, 0.2) is 0 Å². The minimum atomic E-state index is 0.698. The SMILES string of the molecule is CC12CCCCC1(C)CC1CCCCC1C2. The van der Waals surface area contributed by atoms with E-state index in [1.165, 1.54) is 38.5 Å². The van der Waals surface area contributed by atoms with E-state index in [0.717, 1.165) is 11.8 Å². The molecule has 0 radical (unpaired) electrons. The quantitative estimate of drug-likeness (QED) is 0.528. The Balaban J connectivity index is 1.84. The summed E-state index contributed by atoms with van der Waals surface area (Å²) in [6.45, 7) is 5.24. The van der Waals surface area contributed by atoms with Gasteiger partial charge in [-0.2, -0.15) is 0 Å². The van der Waals surface area contributed by atoms with Crippen LogP contribution in [0.1, 0.15) is 78.1 Å². The topological polar surface area (TPSA) is 0 Å². The summed E-state index contributed by atoms with van der Waals surface area (Å²) in [5.41, 5.74) is 1.40. The zero-order valence-electron chi connectivity index (χ0n) is 11.2. The Morgan fingerprint density at radius 2 is 1.12 bits per heavy atom. The predicted octanol–water partition coefficient (Wildman–Crippen LogP) is 5.17. The van der Waals surface area contributed by atoms with Gasteiger partial charge in [0.05, 0.1) is 0 Å². The molecule has 3 aliphatic rings. The molecule has 0 aromatic heterocycles. The second-order valence-electron chi connectivity index (χ2n) is 7.54. The lowest BCUT2D eigenvalue weighted by molar-refractivity contribution is -0.0859. The Hall–Kier alpha value is 0. The highest BCUT2D eigenvalue weighted by molar-refractivity contribution is 5.03. The molecule has 92 valence electrons. The number of rotatable bonds is 0. The fraction of sp³-hybridized carbons (Fsp3) is 1.00. The van der Waals surface area contributed by atoms with Gasteiger partial charge in [-0.3, -0.25) is 0 Å². The Morgan fingerprint density at radius 3 is 1.56 bits per heavy atom. The van der Waals surface area contributed by atoms with Crippen molar-refractivity contribution in [1.82, 2.24) is 0 Å².